The van der Waals surface area contributed by atoms with E-state index in [0.717, 1.165) is 49.7 Å². The maximum absolute atomic E-state index is 12.7. The molecule has 0 fully saturated rings. The Morgan fingerprint density at radius 2 is 0.765 bits per heavy atom. The lowest BCUT2D eigenvalue weighted by atomic mass is 10.0. The maximum atomic E-state index is 12.7. The second-order valence-corrected chi connectivity index (χ2v) is 14.6. The van der Waals surface area contributed by atoms with Gasteiger partial charge in [0.1, 0.15) is 17.2 Å². The van der Waals surface area contributed by atoms with Crippen LogP contribution < -0.4 is 9.47 Å². The van der Waals surface area contributed by atoms with E-state index >= 15 is 0 Å². The summed E-state index contributed by atoms with van der Waals surface area (Å²) in [5.41, 5.74) is 1.68. The topological polar surface area (TPSA) is 72.8 Å². The molecule has 0 spiro atoms. The smallest absolute Gasteiger partial charge is 0.311 e. The molecule has 51 heavy (non-hydrogen) atoms. The number of phenolic OH excluding ortho intramolecular Hbond substituents is 1. The van der Waals surface area contributed by atoms with Crippen molar-refractivity contribution >= 4 is 24.1 Å². The molecule has 0 heterocycles. The van der Waals surface area contributed by atoms with Crippen LogP contribution in [0.3, 0.4) is 0 Å². The van der Waals surface area contributed by atoms with E-state index in [1.54, 1.807) is 30.3 Å². The summed E-state index contributed by atoms with van der Waals surface area (Å²) >= 11 is 0. The van der Waals surface area contributed by atoms with Crippen LogP contribution in [-0.4, -0.2) is 17.0 Å². The van der Waals surface area contributed by atoms with E-state index in [2.05, 4.69) is 13.8 Å². The first-order chi connectivity index (χ1) is 25.0. The molecule has 0 aliphatic heterocycles. The van der Waals surface area contributed by atoms with Gasteiger partial charge in [-0.05, 0) is 48.2 Å². The third-order valence-corrected chi connectivity index (χ3v) is 9.70. The summed E-state index contributed by atoms with van der Waals surface area (Å²) < 4.78 is 11.5. The zero-order valence-corrected chi connectivity index (χ0v) is 32.6. The summed E-state index contributed by atoms with van der Waals surface area (Å²) in [7, 11) is 0. The highest BCUT2D eigenvalue weighted by Crippen LogP contribution is 2.26. The lowest BCUT2D eigenvalue weighted by Gasteiger charge is -2.10. The normalized spacial score (nSPS) is 11.3. The molecule has 286 valence electrons. The number of ether oxygens (including phenoxy) is 2. The molecule has 2 rings (SSSR count). The van der Waals surface area contributed by atoms with Crippen LogP contribution in [0.15, 0.2) is 42.5 Å². The first-order valence-corrected chi connectivity index (χ1v) is 21.0. The predicted octanol–water partition coefficient (Wildman–Crippen LogP) is 14.3. The van der Waals surface area contributed by atoms with Crippen LogP contribution in [0, 0.1) is 0 Å². The highest BCUT2D eigenvalue weighted by molar-refractivity contribution is 5.76. The van der Waals surface area contributed by atoms with Crippen molar-refractivity contribution in [2.24, 2.45) is 0 Å². The van der Waals surface area contributed by atoms with Gasteiger partial charge in [0.05, 0.1) is 0 Å². The zero-order valence-electron chi connectivity index (χ0n) is 32.6. The van der Waals surface area contributed by atoms with Crippen LogP contribution in [0.2, 0.25) is 0 Å². The summed E-state index contributed by atoms with van der Waals surface area (Å²) in [6, 6.07) is 12.1. The van der Waals surface area contributed by atoms with Crippen LogP contribution in [0.1, 0.15) is 205 Å². The van der Waals surface area contributed by atoms with Crippen molar-refractivity contribution in [1.29, 1.82) is 0 Å². The molecule has 5 heteroatoms. The molecule has 0 aliphatic carbocycles. The Morgan fingerprint density at radius 1 is 0.451 bits per heavy atom. The summed E-state index contributed by atoms with van der Waals surface area (Å²) in [6.45, 7) is 4.53. The number of carbonyl (C=O) groups excluding carboxylic acids is 2. The van der Waals surface area contributed by atoms with Gasteiger partial charge in [-0.15, -0.1) is 0 Å². The average Bonchev–Trinajstić information content (AvgIpc) is 3.12. The van der Waals surface area contributed by atoms with Crippen molar-refractivity contribution in [3.63, 3.8) is 0 Å². The molecule has 5 nitrogen and oxygen atoms in total. The number of unbranched alkanes of at least 4 members (excludes halogenated alkanes) is 24. The minimum atomic E-state index is -0.262. The number of benzene rings is 2. The van der Waals surface area contributed by atoms with Crippen molar-refractivity contribution in [3.8, 4) is 17.2 Å². The Kier molecular flexibility index (Phi) is 26.4. The summed E-state index contributed by atoms with van der Waals surface area (Å²) in [5, 5.41) is 9.61. The van der Waals surface area contributed by atoms with Crippen molar-refractivity contribution in [2.45, 2.75) is 194 Å². The van der Waals surface area contributed by atoms with Gasteiger partial charge in [0.25, 0.3) is 0 Å². The van der Waals surface area contributed by atoms with Crippen molar-refractivity contribution < 1.29 is 24.2 Å². The van der Waals surface area contributed by atoms with E-state index in [1.165, 1.54) is 128 Å². The zero-order chi connectivity index (χ0) is 36.6. The molecule has 0 bridgehead atoms. The second-order valence-electron chi connectivity index (χ2n) is 14.6. The lowest BCUT2D eigenvalue weighted by molar-refractivity contribution is -0.135. The molecule has 0 saturated heterocycles. The number of esters is 2. The summed E-state index contributed by atoms with van der Waals surface area (Å²) in [6.07, 6.45) is 37.3. The predicted molar refractivity (Wildman–Crippen MR) is 215 cm³/mol. The minimum Gasteiger partial charge on any atom is -0.508 e. The van der Waals surface area contributed by atoms with Gasteiger partial charge in [-0.25, -0.2) is 0 Å². The standard InChI is InChI=1S/C46H72O5/c1-3-5-7-9-11-13-15-17-19-21-23-25-27-29-45(48)50-43-37-41(32-31-40-33-35-42(47)36-34-40)38-44(39-43)51-46(49)30-28-26-24-22-20-18-16-14-12-10-8-6-4-2/h31-39,47H,3-30H2,1-2H3. The van der Waals surface area contributed by atoms with Crippen molar-refractivity contribution in [1.82, 2.24) is 0 Å². The van der Waals surface area contributed by atoms with Crippen LogP contribution in [0.5, 0.6) is 17.2 Å². The van der Waals surface area contributed by atoms with Gasteiger partial charge in [-0.3, -0.25) is 9.59 Å². The fourth-order valence-electron chi connectivity index (χ4n) is 6.52. The third kappa shape index (κ3) is 24.7. The van der Waals surface area contributed by atoms with Gasteiger partial charge >= 0.3 is 11.9 Å². The maximum Gasteiger partial charge on any atom is 0.311 e. The Morgan fingerprint density at radius 3 is 1.12 bits per heavy atom. The number of rotatable bonds is 32. The van der Waals surface area contributed by atoms with E-state index in [9.17, 15) is 14.7 Å². The highest BCUT2D eigenvalue weighted by atomic mass is 16.5. The Hall–Kier alpha value is -3.08. The number of aromatic hydroxyl groups is 1. The van der Waals surface area contributed by atoms with Crippen LogP contribution in [-0.2, 0) is 9.59 Å². The SMILES string of the molecule is CCCCCCCCCCCCCCCC(=O)Oc1cc(C=Cc2ccc(O)cc2)cc(OC(=O)CCCCCCCCCCCCCCC)c1. The van der Waals surface area contributed by atoms with E-state index < -0.39 is 0 Å². The number of hydrogen-bond acceptors (Lipinski definition) is 5. The Bertz CT molecular complexity index is 1120. The fraction of sp³-hybridized carbons (Fsp3) is 0.652. The molecule has 0 atom stereocenters. The summed E-state index contributed by atoms with van der Waals surface area (Å²) in [5.74, 6) is 0.448. The molecular weight excluding hydrogens is 633 g/mol. The largest absolute Gasteiger partial charge is 0.508 e. The van der Waals surface area contributed by atoms with Crippen LogP contribution in [0.4, 0.5) is 0 Å². The molecule has 0 unspecified atom stereocenters. The van der Waals surface area contributed by atoms with Crippen LogP contribution in [0.25, 0.3) is 12.2 Å². The second kappa shape index (κ2) is 30.5. The van der Waals surface area contributed by atoms with Gasteiger partial charge in [0, 0.05) is 18.9 Å². The molecule has 2 aromatic carbocycles. The van der Waals surface area contributed by atoms with E-state index in [0.29, 0.717) is 24.3 Å². The first-order valence-electron chi connectivity index (χ1n) is 21.0. The first kappa shape index (κ1) is 44.1. The van der Waals surface area contributed by atoms with Crippen molar-refractivity contribution in [2.75, 3.05) is 0 Å². The molecule has 0 aromatic heterocycles. The monoisotopic (exact) mass is 705 g/mol. The fourth-order valence-corrected chi connectivity index (χ4v) is 6.52. The van der Waals surface area contributed by atoms with E-state index in [4.69, 9.17) is 9.47 Å². The van der Waals surface area contributed by atoms with Gasteiger partial charge in [0.15, 0.2) is 0 Å². The number of carbonyl (C=O) groups is 2. The lowest BCUT2D eigenvalue weighted by Crippen LogP contribution is -2.10. The third-order valence-electron chi connectivity index (χ3n) is 9.70. The number of hydrogen-bond donors (Lipinski definition) is 1. The van der Waals surface area contributed by atoms with Gasteiger partial charge < -0.3 is 14.6 Å². The minimum absolute atomic E-state index is 0.210. The van der Waals surface area contributed by atoms with E-state index in [-0.39, 0.29) is 17.7 Å². The van der Waals surface area contributed by atoms with Crippen molar-refractivity contribution in [3.05, 3.63) is 53.6 Å². The highest BCUT2D eigenvalue weighted by Gasteiger charge is 2.11. The Labute approximate surface area is 312 Å². The molecule has 0 aliphatic rings. The molecular formula is C46H72O5. The summed E-state index contributed by atoms with van der Waals surface area (Å²) in [4.78, 5) is 25.5. The molecule has 0 radical (unpaired) electrons. The Balaban J connectivity index is 1.73. The average molecular weight is 705 g/mol. The number of phenols is 1. The van der Waals surface area contributed by atoms with Gasteiger partial charge in [0.2, 0.25) is 0 Å². The van der Waals surface area contributed by atoms with Gasteiger partial charge in [-0.1, -0.05) is 192 Å². The molecule has 1 N–H and O–H groups in total. The van der Waals surface area contributed by atoms with Crippen LogP contribution >= 0.6 is 0 Å². The van der Waals surface area contributed by atoms with E-state index in [1.807, 2.05) is 24.3 Å². The quantitative estimate of drug-likeness (QED) is 0.0355. The van der Waals surface area contributed by atoms with Gasteiger partial charge in [-0.2, -0.15) is 0 Å². The molecule has 2 aromatic rings. The molecule has 0 amide bonds. The molecule has 0 saturated carbocycles.